The van der Waals surface area contributed by atoms with E-state index in [2.05, 4.69) is 15.1 Å². The molecule has 1 aromatic carbocycles. The van der Waals surface area contributed by atoms with Crippen molar-refractivity contribution in [1.29, 1.82) is 0 Å². The van der Waals surface area contributed by atoms with E-state index in [-0.39, 0.29) is 25.4 Å². The zero-order valence-corrected chi connectivity index (χ0v) is 14.3. The number of hydrogen-bond donors (Lipinski definition) is 1. The van der Waals surface area contributed by atoms with E-state index >= 15 is 0 Å². The highest BCUT2D eigenvalue weighted by Gasteiger charge is 2.37. The first-order valence-corrected chi connectivity index (χ1v) is 8.42. The smallest absolute Gasteiger partial charge is 0.340 e. The van der Waals surface area contributed by atoms with Gasteiger partial charge >= 0.3 is 6.18 Å². The second-order valence-electron chi connectivity index (χ2n) is 6.56. The summed E-state index contributed by atoms with van der Waals surface area (Å²) in [5.41, 5.74) is 6.55. The predicted octanol–water partition coefficient (Wildman–Crippen LogP) is 2.50. The Bertz CT molecular complexity index is 999. The van der Waals surface area contributed by atoms with Crippen LogP contribution in [0.5, 0.6) is 0 Å². The molecule has 28 heavy (non-hydrogen) atoms. The number of fused-ring (bicyclic) bond motifs is 1. The zero-order valence-electron chi connectivity index (χ0n) is 14.3. The lowest BCUT2D eigenvalue weighted by atomic mass is 10.1. The molecule has 2 atom stereocenters. The van der Waals surface area contributed by atoms with Gasteiger partial charge in [0, 0.05) is 13.1 Å². The molecule has 1 fully saturated rings. The molecule has 1 aliphatic rings. The van der Waals surface area contributed by atoms with E-state index < -0.39 is 30.0 Å². The Kier molecular flexibility index (Phi) is 4.44. The topological polar surface area (TPSA) is 86.0 Å². The SMILES string of the molecule is N[C@@H]1CN(c2nc3ccc(F)cc3n2Cc2nc(C(F)(F)F)no2)CC[C@H]1F. The Morgan fingerprint density at radius 3 is 2.71 bits per heavy atom. The summed E-state index contributed by atoms with van der Waals surface area (Å²) in [5, 5.41) is 2.93. The van der Waals surface area contributed by atoms with Crippen LogP contribution in [-0.4, -0.2) is 45.0 Å². The van der Waals surface area contributed by atoms with Crippen LogP contribution < -0.4 is 10.6 Å². The van der Waals surface area contributed by atoms with E-state index in [0.717, 1.165) is 0 Å². The summed E-state index contributed by atoms with van der Waals surface area (Å²) < 4.78 is 71.8. The fourth-order valence-corrected chi connectivity index (χ4v) is 3.18. The molecule has 1 aliphatic heterocycles. The van der Waals surface area contributed by atoms with Gasteiger partial charge in [-0.05, 0) is 24.6 Å². The number of anilines is 1. The monoisotopic (exact) mass is 402 g/mol. The summed E-state index contributed by atoms with van der Waals surface area (Å²) >= 11 is 0. The first-order chi connectivity index (χ1) is 13.2. The van der Waals surface area contributed by atoms with E-state index in [9.17, 15) is 22.0 Å². The van der Waals surface area contributed by atoms with Crippen molar-refractivity contribution in [1.82, 2.24) is 19.7 Å². The summed E-state index contributed by atoms with van der Waals surface area (Å²) in [5.74, 6) is -1.95. The second kappa shape index (κ2) is 6.69. The number of imidazole rings is 1. The second-order valence-corrected chi connectivity index (χ2v) is 6.56. The maximum absolute atomic E-state index is 13.8. The van der Waals surface area contributed by atoms with Gasteiger partial charge in [0.25, 0.3) is 5.82 Å². The summed E-state index contributed by atoms with van der Waals surface area (Å²) in [6.07, 6.45) is -5.72. The van der Waals surface area contributed by atoms with Crippen molar-refractivity contribution in [3.8, 4) is 0 Å². The van der Waals surface area contributed by atoms with Gasteiger partial charge in [-0.2, -0.15) is 18.2 Å². The number of hydrogen-bond acceptors (Lipinski definition) is 6. The molecule has 12 heteroatoms. The Labute approximate surface area is 154 Å². The minimum absolute atomic E-state index is 0.157. The molecule has 0 spiro atoms. The average molecular weight is 402 g/mol. The largest absolute Gasteiger partial charge is 0.455 e. The lowest BCUT2D eigenvalue weighted by Crippen LogP contribution is -2.50. The molecule has 3 aromatic rings. The van der Waals surface area contributed by atoms with Gasteiger partial charge in [-0.1, -0.05) is 5.16 Å². The number of alkyl halides is 4. The number of nitrogens with two attached hydrogens (primary N) is 1. The number of benzene rings is 1. The number of rotatable bonds is 3. The number of piperidine rings is 1. The molecule has 2 aromatic heterocycles. The Hall–Kier alpha value is -2.76. The van der Waals surface area contributed by atoms with Crippen LogP contribution in [0, 0.1) is 5.82 Å². The lowest BCUT2D eigenvalue weighted by molar-refractivity contribution is -0.146. The summed E-state index contributed by atoms with van der Waals surface area (Å²) in [6.45, 7) is 0.200. The van der Waals surface area contributed by atoms with Crippen LogP contribution >= 0.6 is 0 Å². The van der Waals surface area contributed by atoms with Crippen LogP contribution in [0.2, 0.25) is 0 Å². The van der Waals surface area contributed by atoms with Crippen LogP contribution in [0.25, 0.3) is 11.0 Å². The molecule has 0 radical (unpaired) electrons. The molecular weight excluding hydrogens is 387 g/mol. The van der Waals surface area contributed by atoms with Crippen LogP contribution in [0.15, 0.2) is 22.7 Å². The molecule has 0 amide bonds. The summed E-state index contributed by atoms with van der Waals surface area (Å²) in [4.78, 5) is 9.48. The van der Waals surface area contributed by atoms with Crippen LogP contribution in [-0.2, 0) is 12.7 Å². The third-order valence-corrected chi connectivity index (χ3v) is 4.56. The highest BCUT2D eigenvalue weighted by molar-refractivity contribution is 5.79. The van der Waals surface area contributed by atoms with E-state index in [4.69, 9.17) is 10.3 Å². The first-order valence-electron chi connectivity index (χ1n) is 8.42. The summed E-state index contributed by atoms with van der Waals surface area (Å²) in [6, 6.07) is 3.13. The third-order valence-electron chi connectivity index (χ3n) is 4.56. The molecule has 4 rings (SSSR count). The molecule has 1 saturated heterocycles. The first kappa shape index (κ1) is 18.6. The van der Waals surface area contributed by atoms with Crippen molar-refractivity contribution in [3.05, 3.63) is 35.7 Å². The minimum atomic E-state index is -4.75. The molecule has 0 saturated carbocycles. The van der Waals surface area contributed by atoms with Crippen molar-refractivity contribution in [2.45, 2.75) is 31.4 Å². The average Bonchev–Trinajstić information content (AvgIpc) is 3.23. The van der Waals surface area contributed by atoms with Gasteiger partial charge in [-0.15, -0.1) is 0 Å². The maximum Gasteiger partial charge on any atom is 0.455 e. The van der Waals surface area contributed by atoms with E-state index in [0.29, 0.717) is 23.5 Å². The van der Waals surface area contributed by atoms with Crippen molar-refractivity contribution < 1.29 is 26.5 Å². The van der Waals surface area contributed by atoms with Crippen LogP contribution in [0.3, 0.4) is 0 Å². The molecule has 2 N–H and O–H groups in total. The quantitative estimate of drug-likeness (QED) is 0.678. The summed E-state index contributed by atoms with van der Waals surface area (Å²) in [7, 11) is 0. The van der Waals surface area contributed by atoms with Crippen molar-refractivity contribution in [3.63, 3.8) is 0 Å². The molecule has 3 heterocycles. The van der Waals surface area contributed by atoms with Crippen molar-refractivity contribution in [2.24, 2.45) is 5.73 Å². The molecule has 7 nitrogen and oxygen atoms in total. The molecule has 150 valence electrons. The van der Waals surface area contributed by atoms with Gasteiger partial charge in [-0.25, -0.2) is 13.8 Å². The maximum atomic E-state index is 13.8. The Morgan fingerprint density at radius 2 is 2.04 bits per heavy atom. The normalized spacial score (nSPS) is 20.9. The van der Waals surface area contributed by atoms with Crippen LogP contribution in [0.4, 0.5) is 27.9 Å². The van der Waals surface area contributed by atoms with Gasteiger partial charge in [-0.3, -0.25) is 0 Å². The third kappa shape index (κ3) is 3.39. The van der Waals surface area contributed by atoms with Crippen molar-refractivity contribution in [2.75, 3.05) is 18.0 Å². The minimum Gasteiger partial charge on any atom is -0.340 e. The highest BCUT2D eigenvalue weighted by atomic mass is 19.4. The zero-order chi connectivity index (χ0) is 20.1. The van der Waals surface area contributed by atoms with Gasteiger partial charge in [0.15, 0.2) is 0 Å². The van der Waals surface area contributed by atoms with Gasteiger partial charge in [0.05, 0.1) is 17.1 Å². The predicted molar refractivity (Wildman–Crippen MR) is 87.8 cm³/mol. The van der Waals surface area contributed by atoms with Gasteiger partial charge in [0.2, 0.25) is 11.8 Å². The molecule has 0 unspecified atom stereocenters. The van der Waals surface area contributed by atoms with Gasteiger partial charge < -0.3 is 19.7 Å². The number of aromatic nitrogens is 4. The van der Waals surface area contributed by atoms with Gasteiger partial charge in [0.1, 0.15) is 18.5 Å². The highest BCUT2D eigenvalue weighted by Crippen LogP contribution is 2.29. The lowest BCUT2D eigenvalue weighted by Gasteiger charge is -2.33. The van der Waals surface area contributed by atoms with Crippen LogP contribution in [0.1, 0.15) is 18.1 Å². The van der Waals surface area contributed by atoms with Crippen molar-refractivity contribution >= 4 is 17.0 Å². The Balaban J connectivity index is 1.75. The fraction of sp³-hybridized carbons (Fsp3) is 0.438. The van der Waals surface area contributed by atoms with E-state index in [1.165, 1.54) is 22.8 Å². The molecule has 0 aliphatic carbocycles. The van der Waals surface area contributed by atoms with E-state index in [1.807, 2.05) is 0 Å². The fourth-order valence-electron chi connectivity index (χ4n) is 3.18. The molecular formula is C16H15F5N6O. The molecule has 0 bridgehead atoms. The number of nitrogens with zero attached hydrogens (tertiary/aromatic N) is 5. The number of halogens is 5. The standard InChI is InChI=1S/C16H15F5N6O/c17-8-1-2-11-12(5-8)27(7-13-24-14(25-28-13)16(19,20)21)15(23-11)26-4-3-9(18)10(22)6-26/h1-2,5,9-10H,3-4,6-7,22H2/t9-,10-/m1/s1. The Morgan fingerprint density at radius 1 is 1.25 bits per heavy atom. The van der Waals surface area contributed by atoms with E-state index in [1.54, 1.807) is 4.90 Å².